The number of ether oxygens (including phenoxy) is 1. The molecule has 5 rings (SSSR count). The highest BCUT2D eigenvalue weighted by molar-refractivity contribution is 6.32. The number of halogens is 2. The lowest BCUT2D eigenvalue weighted by atomic mass is 9.86. The number of alkyl halides is 1. The zero-order chi connectivity index (χ0) is 24.0. The Balaban J connectivity index is 1.37. The van der Waals surface area contributed by atoms with Crippen molar-refractivity contribution in [1.82, 2.24) is 24.6 Å². The first kappa shape index (κ1) is 23.4. The topological polar surface area (TPSA) is 88.3 Å². The number of likely N-dealkylation sites (tertiary alicyclic amines) is 1. The number of nitrogens with one attached hydrogen (secondary N) is 1. The molecule has 2 aliphatic heterocycles. The molecule has 4 heterocycles. The fourth-order valence-electron chi connectivity index (χ4n) is 4.67. The number of hydrogen-bond donors (Lipinski definition) is 2. The summed E-state index contributed by atoms with van der Waals surface area (Å²) in [5, 5.41) is 19.0. The molecule has 2 N–H and O–H groups in total. The van der Waals surface area contributed by atoms with Gasteiger partial charge in [0.2, 0.25) is 5.95 Å². The van der Waals surface area contributed by atoms with Crippen molar-refractivity contribution >= 4 is 34.1 Å². The lowest BCUT2D eigenvalue weighted by molar-refractivity contribution is -0.0806. The number of anilines is 2. The molecule has 0 unspecified atom stereocenters. The van der Waals surface area contributed by atoms with Gasteiger partial charge in [-0.15, -0.1) is 0 Å². The molecule has 0 spiro atoms. The number of nitrogens with zero attached hydrogens (tertiary/aromatic N) is 5. The quantitative estimate of drug-likeness (QED) is 0.545. The van der Waals surface area contributed by atoms with Gasteiger partial charge in [-0.2, -0.15) is 5.10 Å². The predicted octanol–water partition coefficient (Wildman–Crippen LogP) is 3.83. The number of aromatic nitrogens is 4. The van der Waals surface area contributed by atoms with Gasteiger partial charge < -0.3 is 15.2 Å². The second kappa shape index (κ2) is 9.03. The van der Waals surface area contributed by atoms with E-state index < -0.39 is 11.8 Å². The molecule has 2 aliphatic rings. The molecule has 182 valence electrons. The van der Waals surface area contributed by atoms with Gasteiger partial charge in [0.15, 0.2) is 0 Å². The third kappa shape index (κ3) is 4.75. The van der Waals surface area contributed by atoms with Gasteiger partial charge in [0.05, 0.1) is 54.5 Å². The molecule has 1 aromatic carbocycles. The highest BCUT2D eigenvalue weighted by Gasteiger charge is 2.36. The first-order valence-electron chi connectivity index (χ1n) is 11.6. The van der Waals surface area contributed by atoms with Crippen molar-refractivity contribution in [3.05, 3.63) is 40.8 Å². The number of fused-ring (bicyclic) bond motifs is 1. The van der Waals surface area contributed by atoms with Crippen LogP contribution in [0.25, 0.3) is 10.9 Å². The zero-order valence-electron chi connectivity index (χ0n) is 19.6. The molecule has 2 fully saturated rings. The summed E-state index contributed by atoms with van der Waals surface area (Å²) in [7, 11) is 0. The smallest absolute Gasteiger partial charge is 0.227 e. The molecule has 2 saturated heterocycles. The molecule has 2 atom stereocenters. The average Bonchev–Trinajstić information content (AvgIpc) is 3.05. The lowest BCUT2D eigenvalue weighted by Crippen LogP contribution is -2.54. The maximum Gasteiger partial charge on any atom is 0.227 e. The van der Waals surface area contributed by atoms with Crippen molar-refractivity contribution in [3.63, 3.8) is 0 Å². The minimum Gasteiger partial charge on any atom is -0.389 e. The Morgan fingerprint density at radius 1 is 1.29 bits per heavy atom. The van der Waals surface area contributed by atoms with Crippen molar-refractivity contribution in [2.24, 2.45) is 0 Å². The Labute approximate surface area is 203 Å². The normalized spacial score (nSPS) is 22.2. The summed E-state index contributed by atoms with van der Waals surface area (Å²) in [4.78, 5) is 11.3. The molecule has 10 heteroatoms. The van der Waals surface area contributed by atoms with Crippen LogP contribution in [0.1, 0.15) is 37.4 Å². The summed E-state index contributed by atoms with van der Waals surface area (Å²) in [5.74, 6) is 0.158. The number of piperidine rings is 1. The van der Waals surface area contributed by atoms with Crippen molar-refractivity contribution in [2.75, 3.05) is 31.6 Å². The van der Waals surface area contributed by atoms with Crippen LogP contribution in [0.4, 0.5) is 16.0 Å². The van der Waals surface area contributed by atoms with Crippen LogP contribution in [0.15, 0.2) is 24.5 Å². The summed E-state index contributed by atoms with van der Waals surface area (Å²) >= 11 is 6.58. The molecule has 0 saturated carbocycles. The molecule has 34 heavy (non-hydrogen) atoms. The van der Waals surface area contributed by atoms with Crippen LogP contribution in [0.5, 0.6) is 0 Å². The molecule has 0 radical (unpaired) electrons. The lowest BCUT2D eigenvalue weighted by Gasteiger charge is -2.43. The largest absolute Gasteiger partial charge is 0.389 e. The standard InChI is InChI=1S/C24H30ClFN6O2/c1-14-22(9-28-32(14)13-24(2,3)33)30-23-27-8-15-6-19(25)18(7-21(15)29-23)17-4-5-31(10-20(17)26)16-11-34-12-16/h6-9,16-17,20,33H,4-5,10-13H2,1-3H3,(H,27,29,30)/t17-,20+/m0/s1. The van der Waals surface area contributed by atoms with Gasteiger partial charge in [-0.25, -0.2) is 14.4 Å². The summed E-state index contributed by atoms with van der Waals surface area (Å²) in [6.07, 6.45) is 3.12. The van der Waals surface area contributed by atoms with E-state index in [4.69, 9.17) is 16.3 Å². The van der Waals surface area contributed by atoms with E-state index in [0.717, 1.165) is 28.9 Å². The Kier molecular flexibility index (Phi) is 6.22. The summed E-state index contributed by atoms with van der Waals surface area (Å²) in [6.45, 7) is 8.39. The van der Waals surface area contributed by atoms with Crippen LogP contribution in [0.3, 0.4) is 0 Å². The second-order valence-corrected chi connectivity index (χ2v) is 10.4. The third-order valence-electron chi connectivity index (χ3n) is 6.69. The van der Waals surface area contributed by atoms with E-state index in [9.17, 15) is 5.11 Å². The van der Waals surface area contributed by atoms with E-state index in [1.165, 1.54) is 0 Å². The van der Waals surface area contributed by atoms with E-state index in [2.05, 4.69) is 25.3 Å². The maximum absolute atomic E-state index is 15.2. The predicted molar refractivity (Wildman–Crippen MR) is 130 cm³/mol. The van der Waals surface area contributed by atoms with Gasteiger partial charge >= 0.3 is 0 Å². The second-order valence-electron chi connectivity index (χ2n) is 9.96. The Bertz CT molecular complexity index is 1190. The molecule has 0 bridgehead atoms. The highest BCUT2D eigenvalue weighted by Crippen LogP contribution is 2.37. The van der Waals surface area contributed by atoms with E-state index in [1.807, 2.05) is 19.1 Å². The number of benzene rings is 1. The molecular formula is C24H30ClFN6O2. The summed E-state index contributed by atoms with van der Waals surface area (Å²) in [6, 6.07) is 4.06. The van der Waals surface area contributed by atoms with Gasteiger partial charge in [0.25, 0.3) is 0 Å². The molecule has 3 aromatic rings. The van der Waals surface area contributed by atoms with Gasteiger partial charge in [0, 0.05) is 29.1 Å². The molecule has 0 amide bonds. The van der Waals surface area contributed by atoms with Crippen molar-refractivity contribution in [1.29, 1.82) is 0 Å². The molecular weight excluding hydrogens is 459 g/mol. The van der Waals surface area contributed by atoms with Crippen LogP contribution in [0.2, 0.25) is 5.02 Å². The fraction of sp³-hybridized carbons (Fsp3) is 0.542. The van der Waals surface area contributed by atoms with E-state index >= 15 is 4.39 Å². The Morgan fingerprint density at radius 3 is 2.76 bits per heavy atom. The van der Waals surface area contributed by atoms with E-state index in [0.29, 0.717) is 55.3 Å². The van der Waals surface area contributed by atoms with Gasteiger partial charge in [-0.1, -0.05) is 11.6 Å². The number of aliphatic hydroxyl groups is 1. The SMILES string of the molecule is Cc1c(Nc2ncc3cc(Cl)c([C@@H]4CCN(C5COC5)C[C@H]4F)cc3n2)cnn1CC(C)(C)O. The van der Waals surface area contributed by atoms with Gasteiger partial charge in [-0.05, 0) is 51.4 Å². The van der Waals surface area contributed by atoms with Crippen molar-refractivity contribution < 1.29 is 14.2 Å². The average molecular weight is 489 g/mol. The fourth-order valence-corrected chi connectivity index (χ4v) is 4.98. The van der Waals surface area contributed by atoms with E-state index in [-0.39, 0.29) is 5.92 Å². The van der Waals surface area contributed by atoms with Crippen LogP contribution in [-0.2, 0) is 11.3 Å². The first-order valence-corrected chi connectivity index (χ1v) is 12.0. The minimum absolute atomic E-state index is 0.261. The van der Waals surface area contributed by atoms with Crippen LogP contribution in [0, 0.1) is 6.92 Å². The molecule has 0 aliphatic carbocycles. The van der Waals surface area contributed by atoms with Gasteiger partial charge in [0.1, 0.15) is 6.17 Å². The van der Waals surface area contributed by atoms with Gasteiger partial charge in [-0.3, -0.25) is 9.58 Å². The third-order valence-corrected chi connectivity index (χ3v) is 7.02. The van der Waals surface area contributed by atoms with Crippen LogP contribution >= 0.6 is 11.6 Å². The molecule has 2 aromatic heterocycles. The van der Waals surface area contributed by atoms with Crippen LogP contribution < -0.4 is 5.32 Å². The molecule has 8 nitrogen and oxygen atoms in total. The van der Waals surface area contributed by atoms with Crippen LogP contribution in [-0.4, -0.2) is 73.9 Å². The van der Waals surface area contributed by atoms with E-state index in [1.54, 1.807) is 30.9 Å². The highest BCUT2D eigenvalue weighted by atomic mass is 35.5. The first-order chi connectivity index (χ1) is 16.2. The monoisotopic (exact) mass is 488 g/mol. The summed E-state index contributed by atoms with van der Waals surface area (Å²) < 4.78 is 22.2. The number of hydrogen-bond acceptors (Lipinski definition) is 7. The van der Waals surface area contributed by atoms with Crippen molar-refractivity contribution in [3.8, 4) is 0 Å². The zero-order valence-corrected chi connectivity index (χ0v) is 20.4. The summed E-state index contributed by atoms with van der Waals surface area (Å²) in [5.41, 5.74) is 2.25. The Morgan fingerprint density at radius 2 is 2.09 bits per heavy atom. The Hall–Kier alpha value is -2.33. The minimum atomic E-state index is -0.993. The van der Waals surface area contributed by atoms with Crippen molar-refractivity contribution in [2.45, 2.75) is 57.5 Å². The number of rotatable bonds is 6. The maximum atomic E-state index is 15.2.